The summed E-state index contributed by atoms with van der Waals surface area (Å²) in [6.45, 7) is 7.94. The summed E-state index contributed by atoms with van der Waals surface area (Å²) in [6, 6.07) is 15.1. The van der Waals surface area contributed by atoms with Crippen molar-refractivity contribution in [2.24, 2.45) is 0 Å². The molecule has 4 nitrogen and oxygen atoms in total. The lowest BCUT2D eigenvalue weighted by Crippen LogP contribution is -2.40. The van der Waals surface area contributed by atoms with Gasteiger partial charge in [0.2, 0.25) is 0 Å². The average Bonchev–Trinajstić information content (AvgIpc) is 2.65. The van der Waals surface area contributed by atoms with Gasteiger partial charge in [0.1, 0.15) is 0 Å². The minimum Gasteiger partial charge on any atom is -0.379 e. The van der Waals surface area contributed by atoms with E-state index in [4.69, 9.17) is 17.0 Å². The molecule has 1 atom stereocenters. The minimum atomic E-state index is 0.172. The summed E-state index contributed by atoms with van der Waals surface area (Å²) in [5.74, 6) is 0. The molecule has 1 saturated heterocycles. The van der Waals surface area contributed by atoms with Gasteiger partial charge in [-0.05, 0) is 48.4 Å². The molecule has 2 aromatic carbocycles. The van der Waals surface area contributed by atoms with Gasteiger partial charge in [-0.2, -0.15) is 0 Å². The van der Waals surface area contributed by atoms with Crippen LogP contribution >= 0.6 is 12.2 Å². The number of rotatable bonds is 6. The SMILES string of the molecule is C[C@H](NC(=S)NCCCN1CCOCC1)c1cccc2ccccc12. The number of fused-ring (bicyclic) bond motifs is 1. The molecular formula is C20H27N3OS. The summed E-state index contributed by atoms with van der Waals surface area (Å²) < 4.78 is 5.37. The number of morpholine rings is 1. The Morgan fingerprint density at radius 2 is 1.92 bits per heavy atom. The van der Waals surface area contributed by atoms with Crippen molar-refractivity contribution in [1.29, 1.82) is 0 Å². The lowest BCUT2D eigenvalue weighted by Gasteiger charge is -2.26. The lowest BCUT2D eigenvalue weighted by atomic mass is 10.00. The molecule has 0 spiro atoms. The fourth-order valence-electron chi connectivity index (χ4n) is 3.28. The first kappa shape index (κ1) is 18.1. The van der Waals surface area contributed by atoms with Crippen LogP contribution in [0.5, 0.6) is 0 Å². The molecule has 0 radical (unpaired) electrons. The molecule has 0 aromatic heterocycles. The predicted octanol–water partition coefficient (Wildman–Crippen LogP) is 3.09. The second-order valence-corrected chi connectivity index (χ2v) is 6.91. The Morgan fingerprint density at radius 3 is 2.76 bits per heavy atom. The molecule has 1 fully saturated rings. The standard InChI is InChI=1S/C20H27N3OS/c1-16(18-9-4-7-17-6-2-3-8-19(17)18)22-20(25)21-10-5-11-23-12-14-24-15-13-23/h2-4,6-9,16H,5,10-15H2,1H3,(H2,21,22,25)/t16-/m0/s1. The smallest absolute Gasteiger partial charge is 0.166 e. The van der Waals surface area contributed by atoms with Crippen LogP contribution in [0.1, 0.15) is 24.9 Å². The van der Waals surface area contributed by atoms with Crippen molar-refractivity contribution >= 4 is 28.1 Å². The first-order chi connectivity index (χ1) is 12.2. The van der Waals surface area contributed by atoms with Crippen molar-refractivity contribution in [2.45, 2.75) is 19.4 Å². The Morgan fingerprint density at radius 1 is 1.16 bits per heavy atom. The van der Waals surface area contributed by atoms with E-state index in [9.17, 15) is 0 Å². The Bertz CT molecular complexity index is 695. The third-order valence-corrected chi connectivity index (χ3v) is 4.94. The van der Waals surface area contributed by atoms with Gasteiger partial charge in [0, 0.05) is 19.6 Å². The van der Waals surface area contributed by atoms with Crippen LogP contribution < -0.4 is 10.6 Å². The van der Waals surface area contributed by atoms with Crippen LogP contribution in [-0.2, 0) is 4.74 Å². The zero-order valence-corrected chi connectivity index (χ0v) is 15.6. The molecule has 0 aliphatic carbocycles. The third-order valence-electron chi connectivity index (χ3n) is 4.68. The van der Waals surface area contributed by atoms with Crippen LogP contribution in [0.3, 0.4) is 0 Å². The number of nitrogens with zero attached hydrogens (tertiary/aromatic N) is 1. The van der Waals surface area contributed by atoms with E-state index in [0.29, 0.717) is 0 Å². The summed E-state index contributed by atoms with van der Waals surface area (Å²) in [5, 5.41) is 10.0. The van der Waals surface area contributed by atoms with Gasteiger partial charge in [0.05, 0.1) is 19.3 Å². The Balaban J connectivity index is 1.45. The topological polar surface area (TPSA) is 36.5 Å². The molecule has 2 N–H and O–H groups in total. The molecule has 0 saturated carbocycles. The van der Waals surface area contributed by atoms with E-state index in [-0.39, 0.29) is 6.04 Å². The molecule has 5 heteroatoms. The molecular weight excluding hydrogens is 330 g/mol. The van der Waals surface area contributed by atoms with Crippen molar-refractivity contribution in [2.75, 3.05) is 39.4 Å². The Labute approximate surface area is 155 Å². The highest BCUT2D eigenvalue weighted by molar-refractivity contribution is 7.80. The van der Waals surface area contributed by atoms with E-state index in [0.717, 1.165) is 50.9 Å². The van der Waals surface area contributed by atoms with Crippen LogP contribution in [0.15, 0.2) is 42.5 Å². The van der Waals surface area contributed by atoms with E-state index >= 15 is 0 Å². The summed E-state index contributed by atoms with van der Waals surface area (Å²) >= 11 is 5.47. The molecule has 0 amide bonds. The number of thiocarbonyl (C=S) groups is 1. The number of hydrogen-bond donors (Lipinski definition) is 2. The predicted molar refractivity (Wildman–Crippen MR) is 108 cm³/mol. The Hall–Kier alpha value is -1.69. The van der Waals surface area contributed by atoms with Gasteiger partial charge in [0.15, 0.2) is 5.11 Å². The van der Waals surface area contributed by atoms with Crippen LogP contribution in [0, 0.1) is 0 Å². The van der Waals surface area contributed by atoms with E-state index in [1.165, 1.54) is 16.3 Å². The maximum atomic E-state index is 5.47. The fourth-order valence-corrected chi connectivity index (χ4v) is 3.56. The largest absolute Gasteiger partial charge is 0.379 e. The molecule has 134 valence electrons. The van der Waals surface area contributed by atoms with E-state index < -0.39 is 0 Å². The second-order valence-electron chi connectivity index (χ2n) is 6.50. The van der Waals surface area contributed by atoms with E-state index in [1.807, 2.05) is 0 Å². The number of ether oxygens (including phenoxy) is 1. The van der Waals surface area contributed by atoms with Crippen molar-refractivity contribution in [1.82, 2.24) is 15.5 Å². The van der Waals surface area contributed by atoms with Gasteiger partial charge in [-0.15, -0.1) is 0 Å². The first-order valence-electron chi connectivity index (χ1n) is 9.06. The summed E-state index contributed by atoms with van der Waals surface area (Å²) in [5.41, 5.74) is 1.27. The highest BCUT2D eigenvalue weighted by Gasteiger charge is 2.11. The molecule has 1 aliphatic rings. The van der Waals surface area contributed by atoms with Crippen LogP contribution in [0.2, 0.25) is 0 Å². The summed E-state index contributed by atoms with van der Waals surface area (Å²) in [7, 11) is 0. The highest BCUT2D eigenvalue weighted by atomic mass is 32.1. The molecule has 1 aliphatic heterocycles. The summed E-state index contributed by atoms with van der Waals surface area (Å²) in [6.07, 6.45) is 1.09. The third kappa shape index (κ3) is 5.14. The monoisotopic (exact) mass is 357 g/mol. The first-order valence-corrected chi connectivity index (χ1v) is 9.47. The van der Waals surface area contributed by atoms with Gasteiger partial charge in [-0.25, -0.2) is 0 Å². The average molecular weight is 358 g/mol. The zero-order chi connectivity index (χ0) is 17.5. The van der Waals surface area contributed by atoms with Crippen molar-refractivity contribution < 1.29 is 4.74 Å². The Kier molecular flexibility index (Phi) is 6.62. The molecule has 0 bridgehead atoms. The normalized spacial score (nSPS) is 16.5. The van der Waals surface area contributed by atoms with Crippen molar-refractivity contribution in [3.05, 3.63) is 48.0 Å². The zero-order valence-electron chi connectivity index (χ0n) is 14.8. The van der Waals surface area contributed by atoms with Gasteiger partial charge in [-0.3, -0.25) is 4.90 Å². The van der Waals surface area contributed by atoms with Crippen LogP contribution in [0.25, 0.3) is 10.8 Å². The van der Waals surface area contributed by atoms with Crippen molar-refractivity contribution in [3.63, 3.8) is 0 Å². The number of hydrogen-bond acceptors (Lipinski definition) is 3. The quantitative estimate of drug-likeness (QED) is 0.614. The van der Waals surface area contributed by atoms with Gasteiger partial charge < -0.3 is 15.4 Å². The van der Waals surface area contributed by atoms with E-state index in [1.54, 1.807) is 0 Å². The lowest BCUT2D eigenvalue weighted by molar-refractivity contribution is 0.0376. The molecule has 25 heavy (non-hydrogen) atoms. The second kappa shape index (κ2) is 9.13. The maximum absolute atomic E-state index is 5.47. The van der Waals surface area contributed by atoms with Crippen LogP contribution in [-0.4, -0.2) is 49.4 Å². The molecule has 0 unspecified atom stereocenters. The fraction of sp³-hybridized carbons (Fsp3) is 0.450. The summed E-state index contributed by atoms with van der Waals surface area (Å²) in [4.78, 5) is 2.44. The number of benzene rings is 2. The van der Waals surface area contributed by atoms with Crippen LogP contribution in [0.4, 0.5) is 0 Å². The van der Waals surface area contributed by atoms with Gasteiger partial charge >= 0.3 is 0 Å². The molecule has 2 aromatic rings. The molecule has 3 rings (SSSR count). The minimum absolute atomic E-state index is 0.172. The van der Waals surface area contributed by atoms with Gasteiger partial charge in [-0.1, -0.05) is 42.5 Å². The number of nitrogens with one attached hydrogen (secondary N) is 2. The van der Waals surface area contributed by atoms with Gasteiger partial charge in [0.25, 0.3) is 0 Å². The van der Waals surface area contributed by atoms with Crippen molar-refractivity contribution in [3.8, 4) is 0 Å². The highest BCUT2D eigenvalue weighted by Crippen LogP contribution is 2.23. The maximum Gasteiger partial charge on any atom is 0.166 e. The molecule has 1 heterocycles. The van der Waals surface area contributed by atoms with E-state index in [2.05, 4.69) is 64.9 Å².